The monoisotopic (exact) mass is 394 g/mol. The number of carbonyl (C=O) groups is 1. The van der Waals surface area contributed by atoms with E-state index >= 15 is 0 Å². The number of hydrogen-bond donors (Lipinski definition) is 1. The number of rotatable bonds is 7. The molecule has 3 aromatic rings. The van der Waals surface area contributed by atoms with Crippen LogP contribution in [-0.2, 0) is 6.61 Å². The lowest BCUT2D eigenvalue weighted by Crippen LogP contribution is -2.17. The quantitative estimate of drug-likeness (QED) is 0.467. The Bertz CT molecular complexity index is 972. The van der Waals surface area contributed by atoms with Gasteiger partial charge in [0.05, 0.1) is 13.3 Å². The Balaban J connectivity index is 1.57. The molecule has 3 aromatic carbocycles. The van der Waals surface area contributed by atoms with E-state index in [2.05, 4.69) is 10.5 Å². The van der Waals surface area contributed by atoms with Gasteiger partial charge in [0.15, 0.2) is 0 Å². The molecule has 5 nitrogen and oxygen atoms in total. The summed E-state index contributed by atoms with van der Waals surface area (Å²) in [5.41, 5.74) is 4.80. The first-order valence-electron chi connectivity index (χ1n) is 8.59. The summed E-state index contributed by atoms with van der Waals surface area (Å²) < 4.78 is 10.9. The van der Waals surface area contributed by atoms with E-state index in [-0.39, 0.29) is 5.91 Å². The molecule has 1 N–H and O–H groups in total. The van der Waals surface area contributed by atoms with Crippen LogP contribution >= 0.6 is 11.6 Å². The smallest absolute Gasteiger partial charge is 0.271 e. The van der Waals surface area contributed by atoms with E-state index in [0.717, 1.165) is 11.1 Å². The molecule has 0 bridgehead atoms. The Morgan fingerprint density at radius 2 is 1.79 bits per heavy atom. The Morgan fingerprint density at radius 1 is 1.04 bits per heavy atom. The lowest BCUT2D eigenvalue weighted by atomic mass is 10.2. The molecule has 0 atom stereocenters. The molecule has 6 heteroatoms. The molecule has 0 heterocycles. The van der Waals surface area contributed by atoms with Gasteiger partial charge in [-0.3, -0.25) is 4.79 Å². The van der Waals surface area contributed by atoms with E-state index in [1.807, 2.05) is 48.5 Å². The van der Waals surface area contributed by atoms with Crippen molar-refractivity contribution in [3.05, 3.63) is 94.5 Å². The highest BCUT2D eigenvalue weighted by Crippen LogP contribution is 2.16. The van der Waals surface area contributed by atoms with Crippen molar-refractivity contribution in [2.45, 2.75) is 6.61 Å². The van der Waals surface area contributed by atoms with Crippen molar-refractivity contribution < 1.29 is 14.3 Å². The molecule has 28 heavy (non-hydrogen) atoms. The van der Waals surface area contributed by atoms with Gasteiger partial charge in [-0.15, -0.1) is 0 Å². The van der Waals surface area contributed by atoms with E-state index in [1.54, 1.807) is 37.6 Å². The van der Waals surface area contributed by atoms with Crippen LogP contribution in [0.1, 0.15) is 21.5 Å². The number of amides is 1. The number of carbonyl (C=O) groups excluding carboxylic acids is 1. The fraction of sp³-hybridized carbons (Fsp3) is 0.0909. The molecule has 0 aromatic heterocycles. The van der Waals surface area contributed by atoms with Crippen LogP contribution in [0.5, 0.6) is 11.5 Å². The number of ether oxygens (including phenoxy) is 2. The minimum absolute atomic E-state index is 0.315. The number of methoxy groups -OCH3 is 1. The van der Waals surface area contributed by atoms with E-state index < -0.39 is 0 Å². The van der Waals surface area contributed by atoms with E-state index in [0.29, 0.717) is 28.7 Å². The van der Waals surface area contributed by atoms with Gasteiger partial charge in [0.25, 0.3) is 5.91 Å². The van der Waals surface area contributed by atoms with Crippen LogP contribution in [-0.4, -0.2) is 19.2 Å². The highest BCUT2D eigenvalue weighted by atomic mass is 35.5. The third-order valence-corrected chi connectivity index (χ3v) is 4.14. The Labute approximate surface area is 168 Å². The van der Waals surface area contributed by atoms with Crippen LogP contribution in [0.15, 0.2) is 77.9 Å². The predicted octanol–water partition coefficient (Wildman–Crippen LogP) is 4.69. The Kier molecular flexibility index (Phi) is 6.65. The van der Waals surface area contributed by atoms with Crippen molar-refractivity contribution in [1.82, 2.24) is 5.43 Å². The summed E-state index contributed by atoms with van der Waals surface area (Å²) in [4.78, 5) is 12.1. The Morgan fingerprint density at radius 3 is 2.57 bits per heavy atom. The van der Waals surface area contributed by atoms with Gasteiger partial charge in [-0.25, -0.2) is 5.43 Å². The van der Waals surface area contributed by atoms with Gasteiger partial charge < -0.3 is 9.47 Å². The normalized spacial score (nSPS) is 10.6. The SMILES string of the molecule is COc1cccc(C(=O)NN=Cc2cccc(OCc3ccc(Cl)cc3)c2)c1. The zero-order valence-electron chi connectivity index (χ0n) is 15.3. The second-order valence-electron chi connectivity index (χ2n) is 5.92. The molecule has 0 spiro atoms. The molecule has 0 saturated carbocycles. The Hall–Kier alpha value is -3.31. The minimum atomic E-state index is -0.315. The highest BCUT2D eigenvalue weighted by molar-refractivity contribution is 6.30. The van der Waals surface area contributed by atoms with Crippen molar-refractivity contribution in [2.24, 2.45) is 5.10 Å². The van der Waals surface area contributed by atoms with Crippen LogP contribution in [0.25, 0.3) is 0 Å². The summed E-state index contributed by atoms with van der Waals surface area (Å²) in [6.45, 7) is 0.435. The minimum Gasteiger partial charge on any atom is -0.497 e. The number of hydrazone groups is 1. The van der Waals surface area contributed by atoms with Gasteiger partial charge in [-0.2, -0.15) is 5.10 Å². The average molecular weight is 395 g/mol. The largest absolute Gasteiger partial charge is 0.497 e. The second-order valence-corrected chi connectivity index (χ2v) is 6.36. The topological polar surface area (TPSA) is 59.9 Å². The van der Waals surface area contributed by atoms with Gasteiger partial charge in [-0.05, 0) is 53.6 Å². The number of nitrogens with one attached hydrogen (secondary N) is 1. The lowest BCUT2D eigenvalue weighted by molar-refractivity contribution is 0.0955. The third-order valence-electron chi connectivity index (χ3n) is 3.89. The molecule has 1 amide bonds. The molecular formula is C22H19ClN2O3. The van der Waals surface area contributed by atoms with Crippen LogP contribution < -0.4 is 14.9 Å². The molecule has 142 valence electrons. The zero-order chi connectivity index (χ0) is 19.8. The van der Waals surface area contributed by atoms with Crippen LogP contribution in [0, 0.1) is 0 Å². The summed E-state index contributed by atoms with van der Waals surface area (Å²) in [5, 5.41) is 4.70. The highest BCUT2D eigenvalue weighted by Gasteiger charge is 2.05. The number of hydrogen-bond acceptors (Lipinski definition) is 4. The number of nitrogens with zero attached hydrogens (tertiary/aromatic N) is 1. The molecule has 0 aliphatic rings. The van der Waals surface area contributed by atoms with Crippen molar-refractivity contribution in [3.8, 4) is 11.5 Å². The van der Waals surface area contributed by atoms with Crippen molar-refractivity contribution >= 4 is 23.7 Å². The fourth-order valence-corrected chi connectivity index (χ4v) is 2.55. The maximum atomic E-state index is 12.1. The van der Waals surface area contributed by atoms with Gasteiger partial charge >= 0.3 is 0 Å². The maximum absolute atomic E-state index is 12.1. The summed E-state index contributed by atoms with van der Waals surface area (Å²) >= 11 is 5.88. The summed E-state index contributed by atoms with van der Waals surface area (Å²) in [5.74, 6) is 1.01. The van der Waals surface area contributed by atoms with Gasteiger partial charge in [0.1, 0.15) is 18.1 Å². The molecule has 0 aliphatic carbocycles. The molecule has 3 rings (SSSR count). The molecule has 0 fully saturated rings. The standard InChI is InChI=1S/C22H19ClN2O3/c1-27-20-6-3-5-18(13-20)22(26)25-24-14-17-4-2-7-21(12-17)28-15-16-8-10-19(23)11-9-16/h2-14H,15H2,1H3,(H,25,26). The molecule has 0 aliphatic heterocycles. The molecule has 0 radical (unpaired) electrons. The number of benzene rings is 3. The van der Waals surface area contributed by atoms with Crippen molar-refractivity contribution in [2.75, 3.05) is 7.11 Å². The van der Waals surface area contributed by atoms with Gasteiger partial charge in [0, 0.05) is 10.6 Å². The third kappa shape index (κ3) is 5.59. The summed E-state index contributed by atoms with van der Waals surface area (Å²) in [6, 6.07) is 21.8. The van der Waals surface area contributed by atoms with Gasteiger partial charge in [0.2, 0.25) is 0 Å². The average Bonchev–Trinajstić information content (AvgIpc) is 2.73. The molecular weight excluding hydrogens is 376 g/mol. The first-order chi connectivity index (χ1) is 13.6. The molecule has 0 unspecified atom stereocenters. The number of halogens is 1. The van der Waals surface area contributed by atoms with Crippen LogP contribution in [0.3, 0.4) is 0 Å². The zero-order valence-corrected chi connectivity index (χ0v) is 16.0. The first-order valence-corrected chi connectivity index (χ1v) is 8.96. The van der Waals surface area contributed by atoms with Crippen molar-refractivity contribution in [3.63, 3.8) is 0 Å². The van der Waals surface area contributed by atoms with E-state index in [4.69, 9.17) is 21.1 Å². The van der Waals surface area contributed by atoms with Gasteiger partial charge in [-0.1, -0.05) is 41.9 Å². The lowest BCUT2D eigenvalue weighted by Gasteiger charge is -2.07. The molecule has 0 saturated heterocycles. The van der Waals surface area contributed by atoms with Crippen LogP contribution in [0.4, 0.5) is 0 Å². The van der Waals surface area contributed by atoms with Crippen LogP contribution in [0.2, 0.25) is 5.02 Å². The fourth-order valence-electron chi connectivity index (χ4n) is 2.43. The first kappa shape index (κ1) is 19.5. The van der Waals surface area contributed by atoms with Crippen molar-refractivity contribution in [1.29, 1.82) is 0 Å². The van der Waals surface area contributed by atoms with E-state index in [1.165, 1.54) is 0 Å². The van der Waals surface area contributed by atoms with E-state index in [9.17, 15) is 4.79 Å². The summed E-state index contributed by atoms with van der Waals surface area (Å²) in [7, 11) is 1.55. The second kappa shape index (κ2) is 9.58. The maximum Gasteiger partial charge on any atom is 0.271 e. The summed E-state index contributed by atoms with van der Waals surface area (Å²) in [6.07, 6.45) is 1.56. The predicted molar refractivity (Wildman–Crippen MR) is 110 cm³/mol.